The number of carbonyl (C=O) groups excluding carboxylic acids is 1. The van der Waals surface area contributed by atoms with Crippen molar-refractivity contribution in [1.29, 1.82) is 0 Å². The fourth-order valence-electron chi connectivity index (χ4n) is 3.49. The molecule has 2 fully saturated rings. The number of nitrogens with zero attached hydrogens (tertiary/aromatic N) is 1. The molecular formula is C15H22N2O3. The molecule has 0 aromatic carbocycles. The van der Waals surface area contributed by atoms with Gasteiger partial charge in [0.1, 0.15) is 17.1 Å². The summed E-state index contributed by atoms with van der Waals surface area (Å²) in [5.41, 5.74) is 0.542. The minimum Gasteiger partial charge on any atom is -0.465 e. The second-order valence-electron chi connectivity index (χ2n) is 5.77. The lowest BCUT2D eigenvalue weighted by atomic mass is 9.92. The van der Waals surface area contributed by atoms with Crippen molar-refractivity contribution in [3.63, 3.8) is 0 Å². The molecule has 5 heteroatoms. The fourth-order valence-corrected chi connectivity index (χ4v) is 3.49. The molecule has 0 spiro atoms. The Morgan fingerprint density at radius 2 is 2.40 bits per heavy atom. The Kier molecular flexibility index (Phi) is 3.81. The standard InChI is InChI=1S/C15H22N2O3/c1-10-13(15(18)19-2)6-12(20-10)9-17-5-3-4-11-7-16-8-14(11)17/h6,11,14,16H,3-5,7-9H2,1-2H3. The van der Waals surface area contributed by atoms with Crippen LogP contribution in [0.5, 0.6) is 0 Å². The number of hydrogen-bond acceptors (Lipinski definition) is 5. The van der Waals surface area contributed by atoms with E-state index in [9.17, 15) is 4.79 Å². The molecule has 2 aliphatic heterocycles. The molecule has 0 radical (unpaired) electrons. The average Bonchev–Trinajstić information content (AvgIpc) is 3.05. The van der Waals surface area contributed by atoms with Crippen LogP contribution in [0.4, 0.5) is 0 Å². The summed E-state index contributed by atoms with van der Waals surface area (Å²) >= 11 is 0. The van der Waals surface area contributed by atoms with Crippen molar-refractivity contribution in [3.8, 4) is 0 Å². The third-order valence-electron chi connectivity index (χ3n) is 4.53. The van der Waals surface area contributed by atoms with Crippen LogP contribution in [-0.4, -0.2) is 43.7 Å². The number of furan rings is 1. The molecule has 5 nitrogen and oxygen atoms in total. The van der Waals surface area contributed by atoms with Crippen molar-refractivity contribution < 1.29 is 13.9 Å². The summed E-state index contributed by atoms with van der Waals surface area (Å²) in [4.78, 5) is 14.1. The molecule has 3 rings (SSSR count). The van der Waals surface area contributed by atoms with E-state index in [1.54, 1.807) is 0 Å². The average molecular weight is 278 g/mol. The number of nitrogens with one attached hydrogen (secondary N) is 1. The molecular weight excluding hydrogens is 256 g/mol. The van der Waals surface area contributed by atoms with Crippen molar-refractivity contribution in [2.75, 3.05) is 26.7 Å². The zero-order valence-corrected chi connectivity index (χ0v) is 12.1. The largest absolute Gasteiger partial charge is 0.465 e. The van der Waals surface area contributed by atoms with Gasteiger partial charge in [0.05, 0.1) is 13.7 Å². The third kappa shape index (κ3) is 2.47. The van der Waals surface area contributed by atoms with Gasteiger partial charge in [0.15, 0.2) is 0 Å². The molecule has 1 N–H and O–H groups in total. The molecule has 3 heterocycles. The Morgan fingerprint density at radius 1 is 1.55 bits per heavy atom. The number of aryl methyl sites for hydroxylation is 1. The molecule has 110 valence electrons. The highest BCUT2D eigenvalue weighted by Crippen LogP contribution is 2.28. The highest BCUT2D eigenvalue weighted by atomic mass is 16.5. The molecule has 2 saturated heterocycles. The summed E-state index contributed by atoms with van der Waals surface area (Å²) in [6.07, 6.45) is 2.56. The van der Waals surface area contributed by atoms with Gasteiger partial charge in [-0.15, -0.1) is 0 Å². The first-order valence-corrected chi connectivity index (χ1v) is 7.31. The van der Waals surface area contributed by atoms with Crippen LogP contribution in [0, 0.1) is 12.8 Å². The number of esters is 1. The molecule has 0 bridgehead atoms. The van der Waals surface area contributed by atoms with Crippen molar-refractivity contribution in [2.24, 2.45) is 5.92 Å². The summed E-state index contributed by atoms with van der Waals surface area (Å²) in [6.45, 7) is 5.89. The summed E-state index contributed by atoms with van der Waals surface area (Å²) in [6, 6.07) is 2.43. The van der Waals surface area contributed by atoms with Gasteiger partial charge in [-0.05, 0) is 44.8 Å². The summed E-state index contributed by atoms with van der Waals surface area (Å²) in [7, 11) is 1.40. The maximum Gasteiger partial charge on any atom is 0.341 e. The van der Waals surface area contributed by atoms with E-state index >= 15 is 0 Å². The van der Waals surface area contributed by atoms with Crippen LogP contribution in [0.2, 0.25) is 0 Å². The fraction of sp³-hybridized carbons (Fsp3) is 0.667. The van der Waals surface area contributed by atoms with Gasteiger partial charge in [0.25, 0.3) is 0 Å². The van der Waals surface area contributed by atoms with E-state index in [0.717, 1.165) is 37.9 Å². The molecule has 2 aliphatic rings. The van der Waals surface area contributed by atoms with Gasteiger partial charge in [-0.25, -0.2) is 4.79 Å². The lowest BCUT2D eigenvalue weighted by molar-refractivity contribution is 0.0599. The van der Waals surface area contributed by atoms with E-state index in [-0.39, 0.29) is 5.97 Å². The molecule has 20 heavy (non-hydrogen) atoms. The first-order chi connectivity index (χ1) is 9.69. The van der Waals surface area contributed by atoms with E-state index < -0.39 is 0 Å². The van der Waals surface area contributed by atoms with Crippen LogP contribution in [0.3, 0.4) is 0 Å². The van der Waals surface area contributed by atoms with Crippen molar-refractivity contribution in [2.45, 2.75) is 32.4 Å². The smallest absolute Gasteiger partial charge is 0.341 e. The number of rotatable bonds is 3. The van der Waals surface area contributed by atoms with Crippen molar-refractivity contribution in [3.05, 3.63) is 23.2 Å². The molecule has 0 aliphatic carbocycles. The predicted molar refractivity (Wildman–Crippen MR) is 74.6 cm³/mol. The first kappa shape index (κ1) is 13.6. The molecule has 0 saturated carbocycles. The number of ether oxygens (including phenoxy) is 1. The number of piperidine rings is 1. The van der Waals surface area contributed by atoms with Crippen molar-refractivity contribution in [1.82, 2.24) is 10.2 Å². The second kappa shape index (κ2) is 5.58. The van der Waals surface area contributed by atoms with E-state index in [2.05, 4.69) is 10.2 Å². The minimum absolute atomic E-state index is 0.323. The Labute approximate surface area is 119 Å². The van der Waals surface area contributed by atoms with Crippen LogP contribution in [-0.2, 0) is 11.3 Å². The lowest BCUT2D eigenvalue weighted by Gasteiger charge is -2.36. The number of fused-ring (bicyclic) bond motifs is 1. The maximum absolute atomic E-state index is 11.6. The van der Waals surface area contributed by atoms with Gasteiger partial charge < -0.3 is 14.5 Å². The van der Waals surface area contributed by atoms with Gasteiger partial charge in [0.2, 0.25) is 0 Å². The van der Waals surface area contributed by atoms with Crippen LogP contribution in [0.15, 0.2) is 10.5 Å². The Bertz CT molecular complexity index is 497. The van der Waals surface area contributed by atoms with Gasteiger partial charge in [-0.2, -0.15) is 0 Å². The number of hydrogen-bond donors (Lipinski definition) is 1. The monoisotopic (exact) mass is 278 g/mol. The molecule has 2 unspecified atom stereocenters. The quantitative estimate of drug-likeness (QED) is 0.850. The van der Waals surface area contributed by atoms with Crippen LogP contribution in [0.1, 0.15) is 34.7 Å². The lowest BCUT2D eigenvalue weighted by Crippen LogP contribution is -2.44. The van der Waals surface area contributed by atoms with E-state index in [0.29, 0.717) is 17.4 Å². The Hall–Kier alpha value is -1.33. The molecule has 1 aromatic rings. The Morgan fingerprint density at radius 3 is 3.20 bits per heavy atom. The SMILES string of the molecule is COC(=O)c1cc(CN2CCCC3CNCC32)oc1C. The zero-order chi connectivity index (χ0) is 14.1. The molecule has 2 atom stereocenters. The number of carbonyl (C=O) groups is 1. The highest BCUT2D eigenvalue weighted by molar-refractivity contribution is 5.90. The summed E-state index contributed by atoms with van der Waals surface area (Å²) in [5, 5.41) is 3.48. The van der Waals surface area contributed by atoms with E-state index in [1.807, 2.05) is 13.0 Å². The first-order valence-electron chi connectivity index (χ1n) is 7.31. The van der Waals surface area contributed by atoms with Gasteiger partial charge >= 0.3 is 5.97 Å². The van der Waals surface area contributed by atoms with Gasteiger partial charge in [-0.1, -0.05) is 0 Å². The van der Waals surface area contributed by atoms with Gasteiger partial charge in [0, 0.05) is 12.6 Å². The third-order valence-corrected chi connectivity index (χ3v) is 4.53. The maximum atomic E-state index is 11.6. The normalized spacial score (nSPS) is 26.5. The second-order valence-corrected chi connectivity index (χ2v) is 5.77. The highest BCUT2D eigenvalue weighted by Gasteiger charge is 2.35. The van der Waals surface area contributed by atoms with Gasteiger partial charge in [-0.3, -0.25) is 4.90 Å². The Balaban J connectivity index is 1.72. The number of methoxy groups -OCH3 is 1. The topological polar surface area (TPSA) is 54.7 Å². The van der Waals surface area contributed by atoms with Crippen LogP contribution >= 0.6 is 0 Å². The van der Waals surface area contributed by atoms with E-state index in [4.69, 9.17) is 9.15 Å². The molecule has 0 amide bonds. The summed E-state index contributed by atoms with van der Waals surface area (Å²) < 4.78 is 10.5. The number of likely N-dealkylation sites (tertiary alicyclic amines) is 1. The zero-order valence-electron chi connectivity index (χ0n) is 12.1. The van der Waals surface area contributed by atoms with E-state index in [1.165, 1.54) is 20.0 Å². The van der Waals surface area contributed by atoms with Crippen molar-refractivity contribution >= 4 is 5.97 Å². The predicted octanol–water partition coefficient (Wildman–Crippen LogP) is 1.56. The summed E-state index contributed by atoms with van der Waals surface area (Å²) in [5.74, 6) is 1.94. The van der Waals surface area contributed by atoms with Crippen LogP contribution < -0.4 is 5.32 Å². The van der Waals surface area contributed by atoms with Crippen LogP contribution in [0.25, 0.3) is 0 Å². The molecule has 1 aromatic heterocycles. The minimum atomic E-state index is -0.323.